The van der Waals surface area contributed by atoms with E-state index in [1.165, 1.54) is 33.4 Å². The molecular formula is C16H22Cl2Ti-2. The zero-order valence-electron chi connectivity index (χ0n) is 12.7. The molecule has 0 heterocycles. The van der Waals surface area contributed by atoms with Gasteiger partial charge in [0.2, 0.25) is 0 Å². The van der Waals surface area contributed by atoms with E-state index in [0.29, 0.717) is 0 Å². The number of hydrogen-bond acceptors (Lipinski definition) is 0. The van der Waals surface area contributed by atoms with E-state index in [2.05, 4.69) is 53.7 Å². The van der Waals surface area contributed by atoms with Crippen LogP contribution in [0.15, 0.2) is 33.4 Å². The van der Waals surface area contributed by atoms with E-state index < -0.39 is 17.0 Å². The molecule has 19 heavy (non-hydrogen) atoms. The topological polar surface area (TPSA) is 0 Å². The van der Waals surface area contributed by atoms with E-state index in [1.807, 2.05) is 0 Å². The minimum atomic E-state index is -0.556. The predicted molar refractivity (Wildman–Crippen MR) is 82.5 cm³/mol. The first-order chi connectivity index (χ1) is 8.81. The van der Waals surface area contributed by atoms with Gasteiger partial charge in [-0.15, -0.1) is 13.8 Å². The summed E-state index contributed by atoms with van der Waals surface area (Å²) in [5.74, 6) is 0. The summed E-state index contributed by atoms with van der Waals surface area (Å²) in [6.07, 6.45) is 8.81. The van der Waals surface area contributed by atoms with Crippen LogP contribution in [0.5, 0.6) is 0 Å². The zero-order chi connectivity index (χ0) is 15.0. The van der Waals surface area contributed by atoms with Crippen LogP contribution in [0.25, 0.3) is 0 Å². The molecule has 0 bridgehead atoms. The predicted octanol–water partition coefficient (Wildman–Crippen LogP) is 6.33. The summed E-state index contributed by atoms with van der Waals surface area (Å²) in [5.41, 5.74) is 8.37. The molecule has 0 atom stereocenters. The van der Waals surface area contributed by atoms with Gasteiger partial charge >= 0.3 is 35.6 Å². The Morgan fingerprint density at radius 3 is 1.05 bits per heavy atom. The van der Waals surface area contributed by atoms with Gasteiger partial charge in [0.25, 0.3) is 0 Å². The van der Waals surface area contributed by atoms with Crippen LogP contribution in [-0.2, 0) is 17.0 Å². The van der Waals surface area contributed by atoms with E-state index in [1.54, 1.807) is 0 Å². The molecule has 0 nitrogen and oxygen atoms in total. The van der Waals surface area contributed by atoms with E-state index in [0.717, 1.165) is 12.8 Å². The number of allylic oxidation sites excluding steroid dienone is 8. The Morgan fingerprint density at radius 1 is 0.737 bits per heavy atom. The van der Waals surface area contributed by atoms with Gasteiger partial charge in [-0.1, -0.05) is 40.5 Å². The third-order valence-corrected chi connectivity index (χ3v) is 3.14. The van der Waals surface area contributed by atoms with Gasteiger partial charge in [-0.25, -0.2) is 34.4 Å². The molecule has 0 aromatic heterocycles. The van der Waals surface area contributed by atoms with Crippen molar-refractivity contribution < 1.29 is 17.0 Å². The summed E-state index contributed by atoms with van der Waals surface area (Å²) in [5, 5.41) is 0. The Hall–Kier alpha value is 0.254. The second-order valence-electron chi connectivity index (χ2n) is 5.05. The maximum atomic E-state index is 4.89. The van der Waals surface area contributed by atoms with Crippen molar-refractivity contribution >= 4 is 18.6 Å². The Balaban J connectivity index is 0.000000284. The van der Waals surface area contributed by atoms with Gasteiger partial charge in [-0.3, -0.25) is 0 Å². The minimum absolute atomic E-state index is 0.556. The molecule has 0 aromatic carbocycles. The molecule has 0 saturated carbocycles. The normalized spacial score (nSPS) is 17.3. The fourth-order valence-electron chi connectivity index (χ4n) is 2.00. The summed E-state index contributed by atoms with van der Waals surface area (Å²) in [7, 11) is 9.78. The molecule has 2 aliphatic rings. The van der Waals surface area contributed by atoms with E-state index >= 15 is 0 Å². The molecule has 0 amide bonds. The van der Waals surface area contributed by atoms with Gasteiger partial charge in [0, 0.05) is 0 Å². The average molecular weight is 333 g/mol. The molecule has 2 rings (SSSR count). The van der Waals surface area contributed by atoms with Crippen LogP contribution in [0.1, 0.15) is 54.4 Å². The fraction of sp³-hybridized carbons (Fsp3) is 0.500. The molecule has 0 unspecified atom stereocenters. The average Bonchev–Trinajstić information content (AvgIpc) is 2.72. The third kappa shape index (κ3) is 8.20. The van der Waals surface area contributed by atoms with Gasteiger partial charge < -0.3 is 0 Å². The second-order valence-corrected chi connectivity index (χ2v) is 7.63. The first-order valence-corrected chi connectivity index (χ1v) is 10.6. The SMILES string of the molecule is CC1=[C-]C(C)=C(C)C1.CC1=[C-]C(C)=C(C)C1.[Cl][Ti][Cl]. The summed E-state index contributed by atoms with van der Waals surface area (Å²) >= 11 is -0.556. The van der Waals surface area contributed by atoms with Crippen LogP contribution >= 0.6 is 18.6 Å². The summed E-state index contributed by atoms with van der Waals surface area (Å²) in [6, 6.07) is 0. The fourth-order valence-corrected chi connectivity index (χ4v) is 2.00. The Bertz CT molecular complexity index is 386. The van der Waals surface area contributed by atoms with Gasteiger partial charge in [-0.05, 0) is 0 Å². The van der Waals surface area contributed by atoms with Crippen LogP contribution < -0.4 is 0 Å². The number of rotatable bonds is 0. The van der Waals surface area contributed by atoms with Crippen molar-refractivity contribution in [3.8, 4) is 0 Å². The molecule has 0 saturated heterocycles. The van der Waals surface area contributed by atoms with Crippen LogP contribution in [0.2, 0.25) is 0 Å². The van der Waals surface area contributed by atoms with Crippen molar-refractivity contribution in [3.05, 3.63) is 45.6 Å². The van der Waals surface area contributed by atoms with Crippen LogP contribution in [-0.4, -0.2) is 0 Å². The molecular weight excluding hydrogens is 311 g/mol. The summed E-state index contributed by atoms with van der Waals surface area (Å²) in [4.78, 5) is 0. The van der Waals surface area contributed by atoms with Crippen molar-refractivity contribution in [1.29, 1.82) is 0 Å². The molecule has 3 heteroatoms. The van der Waals surface area contributed by atoms with E-state index in [-0.39, 0.29) is 0 Å². The van der Waals surface area contributed by atoms with Crippen LogP contribution in [0.3, 0.4) is 0 Å². The monoisotopic (exact) mass is 332 g/mol. The third-order valence-electron chi connectivity index (χ3n) is 3.14. The van der Waals surface area contributed by atoms with Crippen molar-refractivity contribution in [1.82, 2.24) is 0 Å². The number of halogens is 2. The molecule has 0 aromatic rings. The Morgan fingerprint density at radius 2 is 1.00 bits per heavy atom. The van der Waals surface area contributed by atoms with Gasteiger partial charge in [0.1, 0.15) is 0 Å². The van der Waals surface area contributed by atoms with E-state index in [4.69, 9.17) is 18.6 Å². The van der Waals surface area contributed by atoms with Crippen molar-refractivity contribution in [2.24, 2.45) is 0 Å². The maximum absolute atomic E-state index is 4.89. The molecule has 0 radical (unpaired) electrons. The molecule has 0 spiro atoms. The molecule has 2 aliphatic carbocycles. The summed E-state index contributed by atoms with van der Waals surface area (Å²) in [6.45, 7) is 12.8. The number of hydrogen-bond donors (Lipinski definition) is 0. The zero-order valence-corrected chi connectivity index (χ0v) is 15.7. The second kappa shape index (κ2) is 10.0. The first kappa shape index (κ1) is 19.3. The molecule has 0 fully saturated rings. The van der Waals surface area contributed by atoms with Gasteiger partial charge in [-0.2, -0.15) is 11.1 Å². The summed E-state index contributed by atoms with van der Waals surface area (Å²) < 4.78 is 0. The standard InChI is InChI=1S/2C8H11.2ClH.Ti/c2*1-6-4-7(2)8(3)5-6;;;/h2*4H2,1-3H3;2*1H;/q2*-1;;;+2/p-2. The molecule has 0 N–H and O–H groups in total. The van der Waals surface area contributed by atoms with Gasteiger partial charge in [0.15, 0.2) is 0 Å². The Labute approximate surface area is 135 Å². The molecule has 106 valence electrons. The van der Waals surface area contributed by atoms with E-state index in [9.17, 15) is 0 Å². The first-order valence-electron chi connectivity index (χ1n) is 6.29. The van der Waals surface area contributed by atoms with Gasteiger partial charge in [0.05, 0.1) is 0 Å². The van der Waals surface area contributed by atoms with Crippen molar-refractivity contribution in [2.75, 3.05) is 0 Å². The molecule has 0 aliphatic heterocycles. The van der Waals surface area contributed by atoms with Crippen molar-refractivity contribution in [3.63, 3.8) is 0 Å². The van der Waals surface area contributed by atoms with Crippen LogP contribution in [0, 0.1) is 12.2 Å². The Kier molecular flexibility index (Phi) is 10.2. The van der Waals surface area contributed by atoms with Crippen molar-refractivity contribution in [2.45, 2.75) is 54.4 Å². The van der Waals surface area contributed by atoms with Crippen LogP contribution in [0.4, 0.5) is 0 Å². The quantitative estimate of drug-likeness (QED) is 0.359.